The van der Waals surface area contributed by atoms with Crippen LogP contribution in [0, 0.1) is 0 Å². The van der Waals surface area contributed by atoms with Gasteiger partial charge in [0.1, 0.15) is 0 Å². The number of nitrogens with zero attached hydrogens (tertiary/aromatic N) is 3. The van der Waals surface area contributed by atoms with Gasteiger partial charge in [0, 0.05) is 0 Å². The standard InChI is InChI=1S/C5H7N3O/c1-2-9-5-6-3-4-7-8-5/h3-4H,2H2,1H3. The molecule has 9 heavy (non-hydrogen) atoms. The summed E-state index contributed by atoms with van der Waals surface area (Å²) in [5.74, 6) is 0. The van der Waals surface area contributed by atoms with Crippen LogP contribution in [-0.2, 0) is 0 Å². The third kappa shape index (κ3) is 1.64. The Hall–Kier alpha value is -1.19. The first kappa shape index (κ1) is 5.94. The maximum atomic E-state index is 4.92. The first-order valence-corrected chi connectivity index (χ1v) is 2.70. The highest BCUT2D eigenvalue weighted by Crippen LogP contribution is 1.92. The fraction of sp³-hybridized carbons (Fsp3) is 0.400. The van der Waals surface area contributed by atoms with Crippen LogP contribution in [0.25, 0.3) is 0 Å². The Morgan fingerprint density at radius 1 is 1.56 bits per heavy atom. The average Bonchev–Trinajstić information content (AvgIpc) is 1.91. The number of hydrogen-bond acceptors (Lipinski definition) is 4. The molecular formula is C5H7N3O. The molecule has 0 aliphatic carbocycles. The van der Waals surface area contributed by atoms with Crippen molar-refractivity contribution in [2.75, 3.05) is 6.61 Å². The van der Waals surface area contributed by atoms with Crippen molar-refractivity contribution in [2.45, 2.75) is 6.92 Å². The lowest BCUT2D eigenvalue weighted by atomic mass is 10.8. The van der Waals surface area contributed by atoms with Gasteiger partial charge in [-0.25, -0.2) is 4.98 Å². The van der Waals surface area contributed by atoms with E-state index in [1.165, 1.54) is 12.4 Å². The number of ether oxygens (including phenoxy) is 1. The molecular weight excluding hydrogens is 118 g/mol. The van der Waals surface area contributed by atoms with Gasteiger partial charge in [-0.05, 0) is 6.92 Å². The van der Waals surface area contributed by atoms with Gasteiger partial charge in [0.25, 0.3) is 0 Å². The lowest BCUT2D eigenvalue weighted by molar-refractivity contribution is 0.307. The molecule has 0 aromatic carbocycles. The summed E-state index contributed by atoms with van der Waals surface area (Å²) < 4.78 is 4.92. The second kappa shape index (κ2) is 2.96. The van der Waals surface area contributed by atoms with Crippen molar-refractivity contribution in [3.63, 3.8) is 0 Å². The maximum Gasteiger partial charge on any atom is 0.335 e. The van der Waals surface area contributed by atoms with Crippen molar-refractivity contribution >= 4 is 0 Å². The van der Waals surface area contributed by atoms with Gasteiger partial charge in [0.05, 0.1) is 19.0 Å². The van der Waals surface area contributed by atoms with E-state index in [9.17, 15) is 0 Å². The lowest BCUT2D eigenvalue weighted by Crippen LogP contribution is -1.97. The highest BCUT2D eigenvalue weighted by atomic mass is 16.5. The highest BCUT2D eigenvalue weighted by Gasteiger charge is 1.89. The molecule has 4 nitrogen and oxygen atoms in total. The largest absolute Gasteiger partial charge is 0.463 e. The third-order valence-electron chi connectivity index (χ3n) is 0.735. The molecule has 0 fully saturated rings. The Labute approximate surface area is 52.9 Å². The van der Waals surface area contributed by atoms with E-state index >= 15 is 0 Å². The predicted octanol–water partition coefficient (Wildman–Crippen LogP) is 0.270. The molecule has 0 aliphatic heterocycles. The molecule has 0 saturated heterocycles. The SMILES string of the molecule is CCOc1nccnn1. The van der Waals surface area contributed by atoms with E-state index in [0.29, 0.717) is 12.6 Å². The number of aromatic nitrogens is 3. The summed E-state index contributed by atoms with van der Waals surface area (Å²) in [6.45, 7) is 2.45. The third-order valence-corrected chi connectivity index (χ3v) is 0.735. The highest BCUT2D eigenvalue weighted by molar-refractivity contribution is 4.85. The van der Waals surface area contributed by atoms with Gasteiger partial charge in [-0.3, -0.25) is 0 Å². The maximum absolute atomic E-state index is 4.92. The summed E-state index contributed by atoms with van der Waals surface area (Å²) in [5.41, 5.74) is 0. The average molecular weight is 125 g/mol. The van der Waals surface area contributed by atoms with Crippen LogP contribution in [0.1, 0.15) is 6.92 Å². The van der Waals surface area contributed by atoms with Crippen LogP contribution in [0.5, 0.6) is 6.01 Å². The van der Waals surface area contributed by atoms with E-state index in [2.05, 4.69) is 15.2 Å². The van der Waals surface area contributed by atoms with Gasteiger partial charge < -0.3 is 4.74 Å². The minimum atomic E-state index is 0.333. The van der Waals surface area contributed by atoms with Crippen LogP contribution in [0.2, 0.25) is 0 Å². The van der Waals surface area contributed by atoms with Crippen LogP contribution in [0.4, 0.5) is 0 Å². The van der Waals surface area contributed by atoms with Crippen molar-refractivity contribution in [3.05, 3.63) is 12.4 Å². The molecule has 1 aromatic heterocycles. The van der Waals surface area contributed by atoms with Crippen molar-refractivity contribution < 1.29 is 4.74 Å². The van der Waals surface area contributed by atoms with Crippen molar-refractivity contribution in [3.8, 4) is 6.01 Å². The molecule has 0 bridgehead atoms. The second-order valence-corrected chi connectivity index (χ2v) is 1.36. The summed E-state index contributed by atoms with van der Waals surface area (Å²) in [6, 6.07) is 0.333. The lowest BCUT2D eigenvalue weighted by Gasteiger charge is -1.94. The first-order chi connectivity index (χ1) is 4.43. The Balaban J connectivity index is 2.61. The fourth-order valence-electron chi connectivity index (χ4n) is 0.431. The van der Waals surface area contributed by atoms with Gasteiger partial charge >= 0.3 is 6.01 Å². The molecule has 0 amide bonds. The van der Waals surface area contributed by atoms with E-state index in [4.69, 9.17) is 4.74 Å². The molecule has 1 aromatic rings. The zero-order valence-electron chi connectivity index (χ0n) is 5.11. The summed E-state index contributed by atoms with van der Waals surface area (Å²) in [7, 11) is 0. The monoisotopic (exact) mass is 125 g/mol. The Kier molecular flexibility index (Phi) is 1.95. The zero-order chi connectivity index (χ0) is 6.53. The van der Waals surface area contributed by atoms with E-state index in [1.807, 2.05) is 6.92 Å². The Morgan fingerprint density at radius 3 is 3.00 bits per heavy atom. The molecule has 1 heterocycles. The fourth-order valence-corrected chi connectivity index (χ4v) is 0.431. The van der Waals surface area contributed by atoms with Crippen LogP contribution in [-0.4, -0.2) is 21.8 Å². The first-order valence-electron chi connectivity index (χ1n) is 2.70. The summed E-state index contributed by atoms with van der Waals surface area (Å²) in [5, 5.41) is 7.15. The van der Waals surface area contributed by atoms with Gasteiger partial charge in [-0.15, -0.1) is 0 Å². The summed E-state index contributed by atoms with van der Waals surface area (Å²) >= 11 is 0. The molecule has 4 heteroatoms. The van der Waals surface area contributed by atoms with Crippen molar-refractivity contribution in [1.82, 2.24) is 15.2 Å². The van der Waals surface area contributed by atoms with Crippen molar-refractivity contribution in [2.24, 2.45) is 0 Å². The topological polar surface area (TPSA) is 47.9 Å². The van der Waals surface area contributed by atoms with Crippen LogP contribution in [0.15, 0.2) is 12.4 Å². The van der Waals surface area contributed by atoms with E-state index in [0.717, 1.165) is 0 Å². The molecule has 0 N–H and O–H groups in total. The Bertz CT molecular complexity index is 165. The van der Waals surface area contributed by atoms with E-state index in [-0.39, 0.29) is 0 Å². The number of hydrogen-bond donors (Lipinski definition) is 0. The number of rotatable bonds is 2. The molecule has 0 aliphatic rings. The quantitative estimate of drug-likeness (QED) is 0.569. The van der Waals surface area contributed by atoms with Crippen molar-refractivity contribution in [1.29, 1.82) is 0 Å². The molecule has 0 saturated carbocycles. The van der Waals surface area contributed by atoms with Crippen LogP contribution in [0.3, 0.4) is 0 Å². The minimum Gasteiger partial charge on any atom is -0.463 e. The zero-order valence-corrected chi connectivity index (χ0v) is 5.11. The molecule has 0 atom stereocenters. The van der Waals surface area contributed by atoms with Gasteiger partial charge in [0.2, 0.25) is 0 Å². The van der Waals surface area contributed by atoms with Gasteiger partial charge in [-0.1, -0.05) is 5.10 Å². The smallest absolute Gasteiger partial charge is 0.335 e. The van der Waals surface area contributed by atoms with E-state index in [1.54, 1.807) is 0 Å². The molecule has 0 unspecified atom stereocenters. The van der Waals surface area contributed by atoms with E-state index < -0.39 is 0 Å². The molecule has 1 rings (SSSR count). The summed E-state index contributed by atoms with van der Waals surface area (Å²) in [4.78, 5) is 3.77. The molecule has 48 valence electrons. The molecule has 0 spiro atoms. The van der Waals surface area contributed by atoms with Gasteiger partial charge in [0.15, 0.2) is 0 Å². The summed E-state index contributed by atoms with van der Waals surface area (Å²) in [6.07, 6.45) is 3.04. The normalized spacial score (nSPS) is 9.00. The minimum absolute atomic E-state index is 0.333. The van der Waals surface area contributed by atoms with Crippen LogP contribution >= 0.6 is 0 Å². The molecule has 0 radical (unpaired) electrons. The van der Waals surface area contributed by atoms with Gasteiger partial charge in [-0.2, -0.15) is 5.10 Å². The predicted molar refractivity (Wildman–Crippen MR) is 31.0 cm³/mol. The second-order valence-electron chi connectivity index (χ2n) is 1.36. The van der Waals surface area contributed by atoms with Crippen LogP contribution < -0.4 is 4.74 Å². The Morgan fingerprint density at radius 2 is 2.44 bits per heavy atom.